The molecule has 0 aliphatic carbocycles. The van der Waals surface area contributed by atoms with E-state index in [1.165, 1.54) is 36.4 Å². The maximum atomic E-state index is 13.0. The molecule has 0 aliphatic rings. The number of sulfonamides is 1. The maximum absolute atomic E-state index is 13.0. The molecule has 9 nitrogen and oxygen atoms in total. The van der Waals surface area contributed by atoms with Gasteiger partial charge in [-0.15, -0.1) is 0 Å². The minimum Gasteiger partial charge on any atom is -0.494 e. The summed E-state index contributed by atoms with van der Waals surface area (Å²) in [7, 11) is -9.19. The number of para-hydroxylation sites is 1. The zero-order valence-electron chi connectivity index (χ0n) is 20.8. The predicted octanol–water partition coefficient (Wildman–Crippen LogP) is 4.34. The molecule has 0 fully saturated rings. The topological polar surface area (TPSA) is 131 Å². The van der Waals surface area contributed by atoms with E-state index in [9.17, 15) is 31.5 Å². The van der Waals surface area contributed by atoms with Crippen molar-refractivity contribution < 1.29 is 40.7 Å². The molecule has 0 heterocycles. The Labute approximate surface area is 225 Å². The number of unbranched alkanes of at least 4 members (excludes halogenated alkanes) is 1. The van der Waals surface area contributed by atoms with Gasteiger partial charge in [0.15, 0.2) is 0 Å². The minimum absolute atomic E-state index is 0.0182. The standard InChI is InChI=1S/C26H29F2N2O7PS/c27-26(28)38(32,33)37-22-15-13-20(14-16-22)19-24(30-39(34,35)23-11-5-2-6-12-23)25(31)29-17-7-8-18-36-21-9-3-1-4-10-21/h1-6,9-16,24,26,30H,7-8,17-19H2,(H,29,31)(H,32,33)/t24-/m0/s1. The Kier molecular flexibility index (Phi) is 11.0. The summed E-state index contributed by atoms with van der Waals surface area (Å²) in [6.07, 6.45) is -2.40. The van der Waals surface area contributed by atoms with Gasteiger partial charge in [-0.3, -0.25) is 4.79 Å². The zero-order chi connectivity index (χ0) is 28.3. The fourth-order valence-electron chi connectivity index (χ4n) is 3.42. The van der Waals surface area contributed by atoms with E-state index < -0.39 is 35.7 Å². The second kappa shape index (κ2) is 14.2. The molecular weight excluding hydrogens is 553 g/mol. The summed E-state index contributed by atoms with van der Waals surface area (Å²) in [5, 5.41) is 2.73. The summed E-state index contributed by atoms with van der Waals surface area (Å²) >= 11 is 0. The number of carbonyl (C=O) groups excluding carboxylic acids is 1. The van der Waals surface area contributed by atoms with Crippen molar-refractivity contribution in [2.45, 2.75) is 36.4 Å². The van der Waals surface area contributed by atoms with Gasteiger partial charge in [0.2, 0.25) is 15.9 Å². The fraction of sp³-hybridized carbons (Fsp3) is 0.269. The van der Waals surface area contributed by atoms with Crippen LogP contribution in [0.3, 0.4) is 0 Å². The molecule has 210 valence electrons. The van der Waals surface area contributed by atoms with E-state index in [-0.39, 0.29) is 23.6 Å². The number of ether oxygens (including phenoxy) is 1. The van der Waals surface area contributed by atoms with Crippen molar-refractivity contribution >= 4 is 23.5 Å². The van der Waals surface area contributed by atoms with E-state index in [1.54, 1.807) is 18.2 Å². The lowest BCUT2D eigenvalue weighted by Gasteiger charge is -2.19. The quantitative estimate of drug-likeness (QED) is 0.180. The third-order valence-electron chi connectivity index (χ3n) is 5.40. The van der Waals surface area contributed by atoms with Crippen molar-refractivity contribution in [2.24, 2.45) is 0 Å². The molecule has 3 aromatic rings. The number of halogens is 2. The number of alkyl halides is 2. The Morgan fingerprint density at radius 1 is 0.897 bits per heavy atom. The number of hydrogen-bond donors (Lipinski definition) is 3. The van der Waals surface area contributed by atoms with Crippen LogP contribution in [-0.2, 0) is 25.8 Å². The van der Waals surface area contributed by atoms with Gasteiger partial charge in [-0.25, -0.2) is 13.0 Å². The van der Waals surface area contributed by atoms with Gasteiger partial charge < -0.3 is 19.5 Å². The fourth-order valence-corrected chi connectivity index (χ4v) is 5.14. The second-order valence-electron chi connectivity index (χ2n) is 8.43. The first-order valence-corrected chi connectivity index (χ1v) is 15.1. The van der Waals surface area contributed by atoms with Gasteiger partial charge in [-0.05, 0) is 61.2 Å². The average Bonchev–Trinajstić information content (AvgIpc) is 2.92. The van der Waals surface area contributed by atoms with Crippen LogP contribution < -0.4 is 19.3 Å². The summed E-state index contributed by atoms with van der Waals surface area (Å²) in [6.45, 7) is 0.734. The number of carbonyl (C=O) groups is 1. The van der Waals surface area contributed by atoms with Crippen molar-refractivity contribution in [3.05, 3.63) is 90.5 Å². The van der Waals surface area contributed by atoms with E-state index in [1.807, 2.05) is 30.3 Å². The van der Waals surface area contributed by atoms with Crippen molar-refractivity contribution in [3.8, 4) is 11.5 Å². The summed E-state index contributed by atoms with van der Waals surface area (Å²) in [6, 6.07) is 20.8. The smallest absolute Gasteiger partial charge is 0.442 e. The van der Waals surface area contributed by atoms with Crippen molar-refractivity contribution in [2.75, 3.05) is 13.2 Å². The van der Waals surface area contributed by atoms with Crippen LogP contribution in [0.5, 0.6) is 11.5 Å². The number of rotatable bonds is 15. The van der Waals surface area contributed by atoms with Gasteiger partial charge in [-0.2, -0.15) is 13.5 Å². The number of amides is 1. The molecule has 0 bridgehead atoms. The maximum Gasteiger partial charge on any atom is 0.442 e. The predicted molar refractivity (Wildman–Crippen MR) is 141 cm³/mol. The summed E-state index contributed by atoms with van der Waals surface area (Å²) in [5.74, 6) is -0.0887. The Morgan fingerprint density at radius 3 is 2.13 bits per heavy atom. The molecule has 13 heteroatoms. The van der Waals surface area contributed by atoms with E-state index in [0.29, 0.717) is 25.0 Å². The van der Waals surface area contributed by atoms with Gasteiger partial charge in [-0.1, -0.05) is 48.5 Å². The van der Waals surface area contributed by atoms with Crippen LogP contribution in [0.25, 0.3) is 0 Å². The molecule has 0 spiro atoms. The lowest BCUT2D eigenvalue weighted by molar-refractivity contribution is -0.122. The van der Waals surface area contributed by atoms with E-state index >= 15 is 0 Å². The van der Waals surface area contributed by atoms with Crippen molar-refractivity contribution in [3.63, 3.8) is 0 Å². The van der Waals surface area contributed by atoms with Crippen LogP contribution in [0.2, 0.25) is 0 Å². The van der Waals surface area contributed by atoms with Gasteiger partial charge in [0, 0.05) is 6.54 Å². The normalized spacial score (nSPS) is 13.8. The second-order valence-corrected chi connectivity index (χ2v) is 11.8. The van der Waals surface area contributed by atoms with Crippen LogP contribution >= 0.6 is 7.60 Å². The molecule has 0 aromatic heterocycles. The molecule has 0 saturated carbocycles. The number of benzene rings is 3. The minimum atomic E-state index is -5.14. The van der Waals surface area contributed by atoms with E-state index in [0.717, 1.165) is 5.75 Å². The molecule has 39 heavy (non-hydrogen) atoms. The first-order valence-electron chi connectivity index (χ1n) is 12.0. The summed E-state index contributed by atoms with van der Waals surface area (Å²) < 4.78 is 75.0. The summed E-state index contributed by atoms with van der Waals surface area (Å²) in [4.78, 5) is 22.2. The first kappa shape index (κ1) is 30.2. The molecule has 2 atom stereocenters. The molecule has 0 radical (unpaired) electrons. The van der Waals surface area contributed by atoms with Crippen LogP contribution in [0.15, 0.2) is 89.8 Å². The van der Waals surface area contributed by atoms with Gasteiger partial charge in [0.05, 0.1) is 11.5 Å². The largest absolute Gasteiger partial charge is 0.494 e. The van der Waals surface area contributed by atoms with Crippen LogP contribution in [0.4, 0.5) is 8.78 Å². The Morgan fingerprint density at radius 2 is 1.51 bits per heavy atom. The number of hydrogen-bond acceptors (Lipinski definition) is 6. The lowest BCUT2D eigenvalue weighted by atomic mass is 10.1. The highest BCUT2D eigenvalue weighted by Gasteiger charge is 2.34. The third kappa shape index (κ3) is 9.74. The highest BCUT2D eigenvalue weighted by atomic mass is 32.2. The van der Waals surface area contributed by atoms with Crippen molar-refractivity contribution in [1.29, 1.82) is 0 Å². The van der Waals surface area contributed by atoms with Crippen LogP contribution in [0, 0.1) is 0 Å². The Bertz CT molecular complexity index is 1350. The third-order valence-corrected chi connectivity index (χ3v) is 7.85. The Balaban J connectivity index is 1.62. The molecular formula is C26H29F2N2O7PS. The molecule has 1 unspecified atom stereocenters. The van der Waals surface area contributed by atoms with Gasteiger partial charge in [0.1, 0.15) is 17.5 Å². The molecule has 3 aromatic carbocycles. The highest BCUT2D eigenvalue weighted by Crippen LogP contribution is 2.48. The summed E-state index contributed by atoms with van der Waals surface area (Å²) in [5.41, 5.74) is 0.458. The monoisotopic (exact) mass is 582 g/mol. The molecule has 0 saturated heterocycles. The molecule has 3 N–H and O–H groups in total. The van der Waals surface area contributed by atoms with Crippen molar-refractivity contribution in [1.82, 2.24) is 10.0 Å². The molecule has 3 rings (SSSR count). The average molecular weight is 583 g/mol. The zero-order valence-corrected chi connectivity index (χ0v) is 22.5. The van der Waals surface area contributed by atoms with E-state index in [4.69, 9.17) is 4.74 Å². The molecule has 1 amide bonds. The Hall–Kier alpha value is -3.31. The van der Waals surface area contributed by atoms with Gasteiger partial charge in [0.25, 0.3) is 0 Å². The molecule has 0 aliphatic heterocycles. The van der Waals surface area contributed by atoms with Crippen LogP contribution in [0.1, 0.15) is 18.4 Å². The van der Waals surface area contributed by atoms with Crippen LogP contribution in [-0.4, -0.2) is 44.6 Å². The SMILES string of the molecule is O=C(NCCCCOc1ccccc1)[C@H](Cc1ccc(OP(=O)(O)C(F)F)cc1)NS(=O)(=O)c1ccccc1. The highest BCUT2D eigenvalue weighted by molar-refractivity contribution is 7.89. The number of nitrogens with one attached hydrogen (secondary N) is 2. The van der Waals surface area contributed by atoms with Gasteiger partial charge >= 0.3 is 13.8 Å². The lowest BCUT2D eigenvalue weighted by Crippen LogP contribution is -2.48. The first-order chi connectivity index (χ1) is 18.6. The van der Waals surface area contributed by atoms with E-state index in [2.05, 4.69) is 14.6 Å².